The minimum Gasteiger partial charge on any atom is -0.274 e. The first-order chi connectivity index (χ1) is 7.43. The van der Waals surface area contributed by atoms with Crippen molar-refractivity contribution in [1.82, 2.24) is 4.98 Å². The van der Waals surface area contributed by atoms with Crippen LogP contribution in [0.25, 0.3) is 0 Å². The van der Waals surface area contributed by atoms with Gasteiger partial charge >= 0.3 is 0 Å². The van der Waals surface area contributed by atoms with E-state index in [1.165, 1.54) is 0 Å². The first-order valence-corrected chi connectivity index (χ1v) is 5.71. The van der Waals surface area contributed by atoms with E-state index < -0.39 is 5.41 Å². The zero-order valence-electron chi connectivity index (χ0n) is 9.03. The maximum absolute atomic E-state index is 12.0. The Morgan fingerprint density at radius 3 is 2.62 bits per heavy atom. The number of amides is 2. The van der Waals surface area contributed by atoms with Crippen LogP contribution in [0.3, 0.4) is 0 Å². The Bertz CT molecular complexity index is 471. The fraction of sp³-hybridized carbons (Fsp3) is 0.364. The minimum atomic E-state index is -0.631. The molecule has 0 N–H and O–H groups in total. The van der Waals surface area contributed by atoms with Crippen LogP contribution in [0.1, 0.15) is 20.3 Å². The van der Waals surface area contributed by atoms with Gasteiger partial charge in [0.15, 0.2) is 5.82 Å². The van der Waals surface area contributed by atoms with E-state index in [9.17, 15) is 9.59 Å². The van der Waals surface area contributed by atoms with E-state index in [-0.39, 0.29) is 18.2 Å². The summed E-state index contributed by atoms with van der Waals surface area (Å²) < 4.78 is 0.648. The molecule has 1 saturated heterocycles. The Kier molecular flexibility index (Phi) is 2.58. The Morgan fingerprint density at radius 2 is 2.12 bits per heavy atom. The van der Waals surface area contributed by atoms with Crippen LogP contribution in [0, 0.1) is 5.41 Å². The third kappa shape index (κ3) is 1.65. The van der Waals surface area contributed by atoms with Crippen molar-refractivity contribution in [2.24, 2.45) is 5.41 Å². The lowest BCUT2D eigenvalue weighted by Crippen LogP contribution is -2.33. The molecule has 1 aliphatic heterocycles. The van der Waals surface area contributed by atoms with Crippen molar-refractivity contribution in [3.63, 3.8) is 0 Å². The second-order valence-corrected chi connectivity index (χ2v) is 5.26. The zero-order valence-corrected chi connectivity index (χ0v) is 10.6. The van der Waals surface area contributed by atoms with Crippen molar-refractivity contribution >= 4 is 33.6 Å². The zero-order chi connectivity index (χ0) is 11.9. The quantitative estimate of drug-likeness (QED) is 0.742. The summed E-state index contributed by atoms with van der Waals surface area (Å²) in [6.45, 7) is 3.54. The summed E-state index contributed by atoms with van der Waals surface area (Å²) >= 11 is 3.29. The van der Waals surface area contributed by atoms with Crippen LogP contribution in [0.5, 0.6) is 0 Å². The number of imide groups is 1. The van der Waals surface area contributed by atoms with E-state index in [1.54, 1.807) is 32.2 Å². The van der Waals surface area contributed by atoms with Crippen LogP contribution in [-0.2, 0) is 9.59 Å². The lowest BCUT2D eigenvalue weighted by Gasteiger charge is -2.17. The number of nitrogens with zero attached hydrogens (tertiary/aromatic N) is 2. The molecule has 16 heavy (non-hydrogen) atoms. The van der Waals surface area contributed by atoms with Crippen molar-refractivity contribution in [1.29, 1.82) is 0 Å². The fourth-order valence-electron chi connectivity index (χ4n) is 1.70. The SMILES string of the molecule is CC1(C)CC(=O)N(c2ncccc2Br)C1=O. The van der Waals surface area contributed by atoms with Gasteiger partial charge in [-0.15, -0.1) is 0 Å². The largest absolute Gasteiger partial charge is 0.274 e. The molecule has 0 atom stereocenters. The molecule has 0 saturated carbocycles. The monoisotopic (exact) mass is 282 g/mol. The average Bonchev–Trinajstić information content (AvgIpc) is 2.39. The molecule has 1 aromatic rings. The second kappa shape index (κ2) is 3.66. The van der Waals surface area contributed by atoms with E-state index in [2.05, 4.69) is 20.9 Å². The van der Waals surface area contributed by atoms with E-state index in [0.29, 0.717) is 10.3 Å². The molecule has 0 unspecified atom stereocenters. The topological polar surface area (TPSA) is 50.3 Å². The summed E-state index contributed by atoms with van der Waals surface area (Å²) in [6.07, 6.45) is 1.79. The van der Waals surface area contributed by atoms with Gasteiger partial charge in [0.2, 0.25) is 11.8 Å². The molecule has 1 fully saturated rings. The van der Waals surface area contributed by atoms with Gasteiger partial charge in [0.25, 0.3) is 0 Å². The van der Waals surface area contributed by atoms with Crippen molar-refractivity contribution in [2.45, 2.75) is 20.3 Å². The lowest BCUT2D eigenvalue weighted by molar-refractivity contribution is -0.124. The molecular formula is C11H11BrN2O2. The van der Waals surface area contributed by atoms with Crippen LogP contribution in [0.15, 0.2) is 22.8 Å². The summed E-state index contributed by atoms with van der Waals surface area (Å²) in [4.78, 5) is 29.1. The van der Waals surface area contributed by atoms with E-state index in [0.717, 1.165) is 4.90 Å². The highest BCUT2D eigenvalue weighted by Crippen LogP contribution is 2.36. The van der Waals surface area contributed by atoms with Gasteiger partial charge < -0.3 is 0 Å². The number of hydrogen-bond donors (Lipinski definition) is 0. The summed E-state index contributed by atoms with van der Waals surface area (Å²) in [7, 11) is 0. The molecule has 4 nitrogen and oxygen atoms in total. The Labute approximate surface area is 102 Å². The smallest absolute Gasteiger partial charge is 0.241 e. The molecule has 2 heterocycles. The fourth-order valence-corrected chi connectivity index (χ4v) is 2.14. The molecular weight excluding hydrogens is 272 g/mol. The van der Waals surface area contributed by atoms with Gasteiger partial charge in [-0.05, 0) is 28.1 Å². The number of rotatable bonds is 1. The summed E-state index contributed by atoms with van der Waals surface area (Å²) in [5.41, 5.74) is -0.631. The Balaban J connectivity index is 2.47. The number of aromatic nitrogens is 1. The van der Waals surface area contributed by atoms with Gasteiger partial charge in [-0.3, -0.25) is 9.59 Å². The first kappa shape index (κ1) is 11.3. The van der Waals surface area contributed by atoms with Gasteiger partial charge in [0.1, 0.15) is 0 Å². The summed E-state index contributed by atoms with van der Waals surface area (Å²) in [5, 5.41) is 0. The number of carbonyl (C=O) groups excluding carboxylic acids is 2. The summed E-state index contributed by atoms with van der Waals surface area (Å²) in [5.74, 6) is -0.0191. The second-order valence-electron chi connectivity index (χ2n) is 4.40. The maximum Gasteiger partial charge on any atom is 0.241 e. The van der Waals surface area contributed by atoms with E-state index >= 15 is 0 Å². The normalized spacial score (nSPS) is 19.3. The van der Waals surface area contributed by atoms with Gasteiger partial charge in [-0.1, -0.05) is 13.8 Å². The number of hydrogen-bond acceptors (Lipinski definition) is 3. The van der Waals surface area contributed by atoms with Gasteiger partial charge in [-0.2, -0.15) is 0 Å². The maximum atomic E-state index is 12.0. The summed E-state index contributed by atoms with van der Waals surface area (Å²) in [6, 6.07) is 3.50. The van der Waals surface area contributed by atoms with Crippen molar-refractivity contribution in [3.05, 3.63) is 22.8 Å². The molecule has 0 bridgehead atoms. The molecule has 0 radical (unpaired) electrons. The third-order valence-electron chi connectivity index (χ3n) is 2.58. The Hall–Kier alpha value is -1.23. The van der Waals surface area contributed by atoms with Gasteiger partial charge in [0.05, 0.1) is 9.89 Å². The molecule has 2 rings (SSSR count). The highest BCUT2D eigenvalue weighted by Gasteiger charge is 2.46. The Morgan fingerprint density at radius 1 is 1.44 bits per heavy atom. The molecule has 2 amide bonds. The van der Waals surface area contributed by atoms with Crippen molar-refractivity contribution in [2.75, 3.05) is 4.90 Å². The number of pyridine rings is 1. The molecule has 0 spiro atoms. The predicted octanol–water partition coefficient (Wildman–Crippen LogP) is 2.13. The van der Waals surface area contributed by atoms with Crippen LogP contribution < -0.4 is 4.90 Å². The van der Waals surface area contributed by atoms with Crippen molar-refractivity contribution < 1.29 is 9.59 Å². The highest BCUT2D eigenvalue weighted by molar-refractivity contribution is 9.10. The third-order valence-corrected chi connectivity index (χ3v) is 3.19. The molecule has 0 aromatic carbocycles. The minimum absolute atomic E-state index is 0.197. The molecule has 84 valence electrons. The van der Waals surface area contributed by atoms with E-state index in [4.69, 9.17) is 0 Å². The lowest BCUT2D eigenvalue weighted by atomic mass is 9.92. The highest BCUT2D eigenvalue weighted by atomic mass is 79.9. The molecule has 0 aliphatic carbocycles. The average molecular weight is 283 g/mol. The van der Waals surface area contributed by atoms with Crippen LogP contribution >= 0.6 is 15.9 Å². The van der Waals surface area contributed by atoms with Crippen molar-refractivity contribution in [3.8, 4) is 0 Å². The van der Waals surface area contributed by atoms with Gasteiger partial charge in [0, 0.05) is 12.6 Å². The van der Waals surface area contributed by atoms with Crippen LogP contribution in [-0.4, -0.2) is 16.8 Å². The van der Waals surface area contributed by atoms with Crippen LogP contribution in [0.4, 0.5) is 5.82 Å². The number of carbonyl (C=O) groups is 2. The van der Waals surface area contributed by atoms with Crippen LogP contribution in [0.2, 0.25) is 0 Å². The number of halogens is 1. The first-order valence-electron chi connectivity index (χ1n) is 4.91. The van der Waals surface area contributed by atoms with E-state index in [1.807, 2.05) is 0 Å². The number of anilines is 1. The standard InChI is InChI=1S/C11H11BrN2O2/c1-11(2)6-8(15)14(10(11)16)9-7(12)4-3-5-13-9/h3-5H,6H2,1-2H3. The predicted molar refractivity (Wildman–Crippen MR) is 62.8 cm³/mol. The molecule has 1 aromatic heterocycles. The molecule has 1 aliphatic rings. The van der Waals surface area contributed by atoms with Gasteiger partial charge in [-0.25, -0.2) is 9.88 Å². The molecule has 5 heteroatoms.